The van der Waals surface area contributed by atoms with Gasteiger partial charge in [-0.3, -0.25) is 0 Å². The molecule has 7 heavy (non-hydrogen) atoms. The molecule has 0 atom stereocenters. The summed E-state index contributed by atoms with van der Waals surface area (Å²) in [6.45, 7) is 0. The lowest BCUT2D eigenvalue weighted by atomic mass is 11.0. The zero-order chi connectivity index (χ0) is 5.28. The van der Waals surface area contributed by atoms with Crippen molar-refractivity contribution in [3.05, 3.63) is 5.38 Å². The molecule has 0 saturated carbocycles. The van der Waals surface area contributed by atoms with Gasteiger partial charge in [0.25, 0.3) is 0 Å². The van der Waals surface area contributed by atoms with Gasteiger partial charge in [0.05, 0.1) is 0 Å². The van der Waals surface area contributed by atoms with Crippen LogP contribution in [-0.4, -0.2) is 4.98 Å². The molecule has 0 aliphatic carbocycles. The molecule has 0 aliphatic heterocycles. The van der Waals surface area contributed by atoms with Crippen LogP contribution in [0.4, 0.5) is 0 Å². The molecule has 38 valence electrons. The number of thiazole rings is 1. The van der Waals surface area contributed by atoms with Crippen LogP contribution in [0, 0.1) is 0 Å². The number of thiol groups is 2. The number of rotatable bonds is 0. The summed E-state index contributed by atoms with van der Waals surface area (Å²) in [5.74, 6) is 0. The lowest BCUT2D eigenvalue weighted by Crippen LogP contribution is -1.57. The van der Waals surface area contributed by atoms with Crippen LogP contribution in [0.25, 0.3) is 0 Å². The fourth-order valence-corrected chi connectivity index (χ4v) is 1.34. The molecule has 0 N–H and O–H groups in total. The van der Waals surface area contributed by atoms with E-state index < -0.39 is 0 Å². The minimum absolute atomic E-state index is 0.745. The van der Waals surface area contributed by atoms with Crippen LogP contribution < -0.4 is 0 Å². The molecule has 0 fully saturated rings. The summed E-state index contributed by atoms with van der Waals surface area (Å²) in [6, 6.07) is 0. The zero-order valence-electron chi connectivity index (χ0n) is 3.33. The van der Waals surface area contributed by atoms with Gasteiger partial charge in [0.1, 0.15) is 9.37 Å². The van der Waals surface area contributed by atoms with Gasteiger partial charge in [-0.05, 0) is 0 Å². The van der Waals surface area contributed by atoms with Crippen LogP contribution in [-0.2, 0) is 0 Å². The first-order valence-electron chi connectivity index (χ1n) is 1.62. The van der Waals surface area contributed by atoms with Gasteiger partial charge in [-0.2, -0.15) is 0 Å². The van der Waals surface area contributed by atoms with Crippen molar-refractivity contribution in [1.29, 1.82) is 0 Å². The molecule has 0 radical (unpaired) electrons. The van der Waals surface area contributed by atoms with Crippen molar-refractivity contribution >= 4 is 36.6 Å². The molecule has 0 saturated heterocycles. The lowest BCUT2D eigenvalue weighted by Gasteiger charge is -1.69. The molecule has 4 heteroatoms. The summed E-state index contributed by atoms with van der Waals surface area (Å²) in [7, 11) is 0. The van der Waals surface area contributed by atoms with E-state index in [2.05, 4.69) is 30.2 Å². The molecule has 1 rings (SSSR count). The average molecular weight is 149 g/mol. The largest absolute Gasteiger partial charge is 0.224 e. The third-order valence-corrected chi connectivity index (χ3v) is 1.94. The maximum atomic E-state index is 3.96. The summed E-state index contributed by atoms with van der Waals surface area (Å²) < 4.78 is 0.769. The van der Waals surface area contributed by atoms with E-state index in [1.165, 1.54) is 11.3 Å². The Kier molecular flexibility index (Phi) is 1.61. The number of nitrogens with zero attached hydrogens (tertiary/aromatic N) is 1. The normalized spacial score (nSPS) is 9.43. The molecule has 1 heterocycles. The van der Waals surface area contributed by atoms with E-state index in [0.717, 1.165) is 9.37 Å². The van der Waals surface area contributed by atoms with Gasteiger partial charge < -0.3 is 0 Å². The fourth-order valence-electron chi connectivity index (χ4n) is 0.256. The third-order valence-electron chi connectivity index (χ3n) is 0.480. The Bertz CT molecular complexity index is 142. The molecule has 0 aromatic carbocycles. The third kappa shape index (κ3) is 1.36. The summed E-state index contributed by atoms with van der Waals surface area (Å²) in [5.41, 5.74) is 0. The van der Waals surface area contributed by atoms with E-state index >= 15 is 0 Å². The first-order valence-corrected chi connectivity index (χ1v) is 3.40. The highest BCUT2D eigenvalue weighted by atomic mass is 32.2. The smallest absolute Gasteiger partial charge is 0.148 e. The van der Waals surface area contributed by atoms with Crippen LogP contribution in [0.1, 0.15) is 0 Å². The Morgan fingerprint density at radius 3 is 2.43 bits per heavy atom. The van der Waals surface area contributed by atoms with Gasteiger partial charge in [0.2, 0.25) is 0 Å². The molecule has 0 aliphatic rings. The number of aromatic nitrogens is 1. The number of hydrogen-bond acceptors (Lipinski definition) is 4. The van der Waals surface area contributed by atoms with E-state index in [9.17, 15) is 0 Å². The van der Waals surface area contributed by atoms with Crippen LogP contribution in [0.15, 0.2) is 14.7 Å². The summed E-state index contributed by atoms with van der Waals surface area (Å²) in [6.07, 6.45) is 0. The molecular formula is C3H3NS3. The first-order chi connectivity index (χ1) is 3.29. The highest BCUT2D eigenvalue weighted by Gasteiger charge is 1.88. The van der Waals surface area contributed by atoms with Crippen LogP contribution in [0.3, 0.4) is 0 Å². The Hall–Kier alpha value is 0.330. The zero-order valence-corrected chi connectivity index (χ0v) is 5.93. The minimum atomic E-state index is 0.745. The van der Waals surface area contributed by atoms with E-state index in [4.69, 9.17) is 0 Å². The van der Waals surface area contributed by atoms with Gasteiger partial charge in [-0.15, -0.1) is 36.6 Å². The predicted octanol–water partition coefficient (Wildman–Crippen LogP) is 1.72. The van der Waals surface area contributed by atoms with Gasteiger partial charge in [0.15, 0.2) is 0 Å². The van der Waals surface area contributed by atoms with Gasteiger partial charge in [-0.25, -0.2) is 4.98 Å². The van der Waals surface area contributed by atoms with Crippen molar-refractivity contribution in [1.82, 2.24) is 4.98 Å². The van der Waals surface area contributed by atoms with Gasteiger partial charge in [-0.1, -0.05) is 0 Å². The van der Waals surface area contributed by atoms with Crippen LogP contribution in [0.2, 0.25) is 0 Å². The Balaban J connectivity index is 3.04. The Labute approximate surface area is 56.6 Å². The Morgan fingerprint density at radius 2 is 2.29 bits per heavy atom. The van der Waals surface area contributed by atoms with Crippen molar-refractivity contribution in [2.75, 3.05) is 0 Å². The van der Waals surface area contributed by atoms with E-state index in [1.807, 2.05) is 5.38 Å². The SMILES string of the molecule is Sc1csc(S)n1. The van der Waals surface area contributed by atoms with Crippen molar-refractivity contribution in [3.8, 4) is 0 Å². The first kappa shape index (κ1) is 5.47. The topological polar surface area (TPSA) is 12.9 Å². The molecule has 0 bridgehead atoms. The maximum absolute atomic E-state index is 3.96. The van der Waals surface area contributed by atoms with Crippen LogP contribution >= 0.6 is 36.6 Å². The minimum Gasteiger partial charge on any atom is -0.224 e. The summed E-state index contributed by atoms with van der Waals surface area (Å²) in [5, 5.41) is 2.58. The van der Waals surface area contributed by atoms with E-state index in [0.29, 0.717) is 0 Å². The predicted molar refractivity (Wildman–Crippen MR) is 36.6 cm³/mol. The average Bonchev–Trinajstić information content (AvgIpc) is 1.87. The van der Waals surface area contributed by atoms with Gasteiger partial charge in [0, 0.05) is 5.38 Å². The van der Waals surface area contributed by atoms with Gasteiger partial charge >= 0.3 is 0 Å². The van der Waals surface area contributed by atoms with E-state index in [-0.39, 0.29) is 0 Å². The highest BCUT2D eigenvalue weighted by Crippen LogP contribution is 2.14. The van der Waals surface area contributed by atoms with Crippen molar-refractivity contribution in [3.63, 3.8) is 0 Å². The monoisotopic (exact) mass is 149 g/mol. The maximum Gasteiger partial charge on any atom is 0.148 e. The second kappa shape index (κ2) is 2.07. The molecule has 1 nitrogen and oxygen atoms in total. The Morgan fingerprint density at radius 1 is 1.57 bits per heavy atom. The van der Waals surface area contributed by atoms with Crippen molar-refractivity contribution in [2.45, 2.75) is 9.37 Å². The lowest BCUT2D eigenvalue weighted by molar-refractivity contribution is 1.11. The van der Waals surface area contributed by atoms with Crippen molar-refractivity contribution in [2.24, 2.45) is 0 Å². The highest BCUT2D eigenvalue weighted by molar-refractivity contribution is 7.83. The van der Waals surface area contributed by atoms with Crippen molar-refractivity contribution < 1.29 is 0 Å². The van der Waals surface area contributed by atoms with Crippen LogP contribution in [0.5, 0.6) is 0 Å². The second-order valence-electron chi connectivity index (χ2n) is 0.988. The summed E-state index contributed by atoms with van der Waals surface area (Å²) >= 11 is 9.40. The molecule has 1 aromatic heterocycles. The standard InChI is InChI=1S/C3H3NS3/c5-2-1-7-3(6)4-2/h1,5H,(H,4,6). The molecule has 1 aromatic rings. The quantitative estimate of drug-likeness (QED) is 0.536. The molecule has 0 amide bonds. The summed E-state index contributed by atoms with van der Waals surface area (Å²) in [4.78, 5) is 3.86. The van der Waals surface area contributed by atoms with E-state index in [1.54, 1.807) is 0 Å². The molecular weight excluding hydrogens is 146 g/mol. The second-order valence-corrected chi connectivity index (χ2v) is 3.03. The number of hydrogen-bond donors (Lipinski definition) is 2. The molecule has 0 spiro atoms. The molecule has 0 unspecified atom stereocenters. The fraction of sp³-hybridized carbons (Fsp3) is 0.